The van der Waals surface area contributed by atoms with E-state index < -0.39 is 0 Å². The maximum absolute atomic E-state index is 12.3. The van der Waals surface area contributed by atoms with Crippen LogP contribution in [-0.2, 0) is 4.79 Å². The zero-order chi connectivity index (χ0) is 13.7. The zero-order valence-electron chi connectivity index (χ0n) is 11.7. The molecule has 8 heteroatoms. The first kappa shape index (κ1) is 16.8. The van der Waals surface area contributed by atoms with Crippen LogP contribution < -0.4 is 11.1 Å². The van der Waals surface area contributed by atoms with Crippen molar-refractivity contribution in [2.75, 3.05) is 0 Å². The van der Waals surface area contributed by atoms with Crippen molar-refractivity contribution >= 4 is 18.3 Å². The van der Waals surface area contributed by atoms with E-state index in [0.717, 1.165) is 38.5 Å². The van der Waals surface area contributed by atoms with E-state index in [1.165, 1.54) is 0 Å². The summed E-state index contributed by atoms with van der Waals surface area (Å²) in [5, 5.41) is 16.9. The van der Waals surface area contributed by atoms with Crippen LogP contribution in [0.15, 0.2) is 0 Å². The molecule has 1 amide bonds. The number of nitrogens with one attached hydrogen (secondary N) is 2. The van der Waals surface area contributed by atoms with E-state index in [1.54, 1.807) is 0 Å². The van der Waals surface area contributed by atoms with Gasteiger partial charge < -0.3 is 11.1 Å². The largest absolute Gasteiger partial charge is 0.346 e. The molecule has 1 fully saturated rings. The third-order valence-electron chi connectivity index (χ3n) is 3.65. The quantitative estimate of drug-likeness (QED) is 0.754. The summed E-state index contributed by atoms with van der Waals surface area (Å²) in [5.74, 6) is 0.642. The van der Waals surface area contributed by atoms with Crippen LogP contribution in [0.1, 0.15) is 57.3 Å². The van der Waals surface area contributed by atoms with Gasteiger partial charge in [0.05, 0.1) is 6.04 Å². The number of carbonyl (C=O) groups is 1. The Labute approximate surface area is 124 Å². The summed E-state index contributed by atoms with van der Waals surface area (Å²) in [6.07, 6.45) is 5.50. The highest BCUT2D eigenvalue weighted by Gasteiger charge is 2.28. The van der Waals surface area contributed by atoms with Crippen molar-refractivity contribution in [1.82, 2.24) is 25.9 Å². The summed E-state index contributed by atoms with van der Waals surface area (Å²) >= 11 is 0. The first-order chi connectivity index (χ1) is 9.20. The van der Waals surface area contributed by atoms with Crippen LogP contribution in [0.5, 0.6) is 0 Å². The number of aromatic nitrogens is 4. The minimum atomic E-state index is -0.158. The van der Waals surface area contributed by atoms with Gasteiger partial charge in [-0.3, -0.25) is 4.79 Å². The topological polar surface area (TPSA) is 110 Å². The van der Waals surface area contributed by atoms with Crippen molar-refractivity contribution in [1.29, 1.82) is 0 Å². The van der Waals surface area contributed by atoms with Crippen LogP contribution in [0.3, 0.4) is 0 Å². The molecule has 0 aliphatic heterocycles. The molecule has 0 radical (unpaired) electrons. The molecule has 2 rings (SSSR count). The molecule has 1 aliphatic carbocycles. The van der Waals surface area contributed by atoms with Gasteiger partial charge in [-0.15, -0.1) is 22.6 Å². The van der Waals surface area contributed by atoms with Crippen LogP contribution in [0.25, 0.3) is 0 Å². The predicted octanol–water partition coefficient (Wildman–Crippen LogP) is 1.10. The molecule has 0 aromatic carbocycles. The van der Waals surface area contributed by atoms with Crippen LogP contribution >= 0.6 is 12.4 Å². The van der Waals surface area contributed by atoms with Crippen molar-refractivity contribution in [2.45, 2.75) is 57.5 Å². The van der Waals surface area contributed by atoms with E-state index in [2.05, 4.69) is 32.9 Å². The summed E-state index contributed by atoms with van der Waals surface area (Å²) in [6.45, 7) is 2.07. The second-order valence-corrected chi connectivity index (χ2v) is 5.24. The molecule has 1 saturated carbocycles. The second kappa shape index (κ2) is 8.16. The number of hydrogen-bond donors (Lipinski definition) is 3. The maximum atomic E-state index is 12.3. The number of nitrogens with two attached hydrogens (primary N) is 1. The van der Waals surface area contributed by atoms with E-state index >= 15 is 0 Å². The molecule has 0 spiro atoms. The fourth-order valence-electron chi connectivity index (χ4n) is 2.63. The van der Waals surface area contributed by atoms with E-state index in [9.17, 15) is 4.79 Å². The van der Waals surface area contributed by atoms with Gasteiger partial charge in [0.15, 0.2) is 5.82 Å². The van der Waals surface area contributed by atoms with Crippen LogP contribution in [0, 0.1) is 5.92 Å². The standard InChI is InChI=1S/C12H22N6O.ClH/c1-2-4-10(11-15-17-18-16-11)14-12(19)8-5-3-6-9(13)7-8;/h8-10H,2-7,13H2,1H3,(H,14,19)(H,15,16,17,18);1H. The Morgan fingerprint density at radius 2 is 2.35 bits per heavy atom. The summed E-state index contributed by atoms with van der Waals surface area (Å²) in [5.41, 5.74) is 5.93. The number of aromatic amines is 1. The van der Waals surface area contributed by atoms with E-state index in [-0.39, 0.29) is 36.3 Å². The van der Waals surface area contributed by atoms with Crippen molar-refractivity contribution in [3.8, 4) is 0 Å². The number of hydrogen-bond acceptors (Lipinski definition) is 5. The highest BCUT2D eigenvalue weighted by Crippen LogP contribution is 2.24. The van der Waals surface area contributed by atoms with E-state index in [0.29, 0.717) is 5.82 Å². The molecule has 1 aromatic heterocycles. The van der Waals surface area contributed by atoms with Gasteiger partial charge in [0.1, 0.15) is 0 Å². The summed E-state index contributed by atoms with van der Waals surface area (Å²) in [6, 6.07) is -0.00583. The molecule has 1 aliphatic rings. The van der Waals surface area contributed by atoms with Gasteiger partial charge in [-0.25, -0.2) is 0 Å². The van der Waals surface area contributed by atoms with Crippen molar-refractivity contribution in [3.63, 3.8) is 0 Å². The highest BCUT2D eigenvalue weighted by molar-refractivity contribution is 5.85. The van der Waals surface area contributed by atoms with Gasteiger partial charge in [-0.1, -0.05) is 25.0 Å². The maximum Gasteiger partial charge on any atom is 0.223 e. The normalized spacial score (nSPS) is 23.7. The molecule has 3 atom stereocenters. The highest BCUT2D eigenvalue weighted by atomic mass is 35.5. The van der Waals surface area contributed by atoms with Crippen LogP contribution in [0.2, 0.25) is 0 Å². The third kappa shape index (κ3) is 4.42. The van der Waals surface area contributed by atoms with Crippen LogP contribution in [0.4, 0.5) is 0 Å². The lowest BCUT2D eigenvalue weighted by Gasteiger charge is -2.27. The molecular formula is C12H23ClN6O. The fraction of sp³-hybridized carbons (Fsp3) is 0.833. The second-order valence-electron chi connectivity index (χ2n) is 5.24. The number of nitrogens with zero attached hydrogens (tertiary/aromatic N) is 3. The Balaban J connectivity index is 0.00000200. The molecule has 1 heterocycles. The number of tetrazole rings is 1. The summed E-state index contributed by atoms with van der Waals surface area (Å²) in [4.78, 5) is 12.3. The van der Waals surface area contributed by atoms with Gasteiger partial charge in [-0.2, -0.15) is 5.21 Å². The molecule has 0 bridgehead atoms. The number of amides is 1. The summed E-state index contributed by atoms with van der Waals surface area (Å²) < 4.78 is 0. The Morgan fingerprint density at radius 3 is 2.95 bits per heavy atom. The van der Waals surface area contributed by atoms with Gasteiger partial charge in [-0.05, 0) is 25.7 Å². The Morgan fingerprint density at radius 1 is 1.55 bits per heavy atom. The molecular weight excluding hydrogens is 280 g/mol. The lowest BCUT2D eigenvalue weighted by Crippen LogP contribution is -2.39. The molecule has 114 valence electrons. The molecule has 4 N–H and O–H groups in total. The van der Waals surface area contributed by atoms with Gasteiger partial charge in [0.25, 0.3) is 0 Å². The first-order valence-corrected chi connectivity index (χ1v) is 7.00. The lowest BCUT2D eigenvalue weighted by molar-refractivity contribution is -0.127. The SMILES string of the molecule is CCCC(NC(=O)C1CCCC(N)C1)c1nn[nH]n1.Cl. The van der Waals surface area contributed by atoms with E-state index in [4.69, 9.17) is 5.73 Å². The monoisotopic (exact) mass is 302 g/mol. The molecule has 3 unspecified atom stereocenters. The van der Waals surface area contributed by atoms with E-state index in [1.807, 2.05) is 0 Å². The number of carbonyl (C=O) groups excluding carboxylic acids is 1. The Bertz CT molecular complexity index is 399. The minimum Gasteiger partial charge on any atom is -0.346 e. The van der Waals surface area contributed by atoms with Crippen molar-refractivity contribution < 1.29 is 4.79 Å². The first-order valence-electron chi connectivity index (χ1n) is 7.00. The molecule has 20 heavy (non-hydrogen) atoms. The summed E-state index contributed by atoms with van der Waals surface area (Å²) in [7, 11) is 0. The van der Waals surface area contributed by atoms with Crippen LogP contribution in [-0.4, -0.2) is 32.6 Å². The molecule has 0 saturated heterocycles. The predicted molar refractivity (Wildman–Crippen MR) is 77.2 cm³/mol. The van der Waals surface area contributed by atoms with Crippen molar-refractivity contribution in [3.05, 3.63) is 5.82 Å². The zero-order valence-corrected chi connectivity index (χ0v) is 12.5. The number of H-pyrrole nitrogens is 1. The number of halogens is 1. The third-order valence-corrected chi connectivity index (χ3v) is 3.65. The number of rotatable bonds is 5. The molecule has 1 aromatic rings. The Kier molecular flexibility index (Phi) is 6.87. The average Bonchev–Trinajstić information content (AvgIpc) is 2.92. The Hall–Kier alpha value is -1.21. The molecule has 7 nitrogen and oxygen atoms in total. The van der Waals surface area contributed by atoms with Gasteiger partial charge >= 0.3 is 0 Å². The average molecular weight is 303 g/mol. The lowest BCUT2D eigenvalue weighted by atomic mass is 9.85. The smallest absolute Gasteiger partial charge is 0.223 e. The van der Waals surface area contributed by atoms with Crippen molar-refractivity contribution in [2.24, 2.45) is 11.7 Å². The fourth-order valence-corrected chi connectivity index (χ4v) is 2.63. The minimum absolute atomic E-state index is 0. The van der Waals surface area contributed by atoms with Gasteiger partial charge in [0, 0.05) is 12.0 Å². The van der Waals surface area contributed by atoms with Gasteiger partial charge in [0.2, 0.25) is 5.91 Å².